The molecule has 0 spiro atoms. The Balaban J connectivity index is 1.61. The number of carbonyl (C=O) groups excluding carboxylic acids is 2. The molecule has 0 aliphatic heterocycles. The molecular formula is C24H26N2O6S. The minimum Gasteiger partial charge on any atom is -0.493 e. The van der Waals surface area contributed by atoms with Gasteiger partial charge in [-0.05, 0) is 43.2 Å². The number of rotatable bonds is 9. The Bertz CT molecular complexity index is 1160. The van der Waals surface area contributed by atoms with Crippen LogP contribution in [0, 0.1) is 13.8 Å². The van der Waals surface area contributed by atoms with Gasteiger partial charge in [-0.3, -0.25) is 4.79 Å². The summed E-state index contributed by atoms with van der Waals surface area (Å²) >= 11 is 1.34. The summed E-state index contributed by atoms with van der Waals surface area (Å²) in [7, 11) is 4.39. The second-order valence-electron chi connectivity index (χ2n) is 7.23. The van der Waals surface area contributed by atoms with E-state index >= 15 is 0 Å². The van der Waals surface area contributed by atoms with Gasteiger partial charge in [0.05, 0.1) is 33.4 Å². The number of thiazole rings is 1. The van der Waals surface area contributed by atoms with Gasteiger partial charge in [0.1, 0.15) is 17.2 Å². The summed E-state index contributed by atoms with van der Waals surface area (Å²) in [6.07, 6.45) is 0.134. The van der Waals surface area contributed by atoms with Crippen LogP contribution in [0.15, 0.2) is 35.7 Å². The fraction of sp³-hybridized carbons (Fsp3) is 0.292. The molecule has 0 atom stereocenters. The van der Waals surface area contributed by atoms with Gasteiger partial charge in [-0.2, -0.15) is 0 Å². The molecule has 0 saturated carbocycles. The molecule has 0 aliphatic carbocycles. The van der Waals surface area contributed by atoms with Crippen LogP contribution in [0.2, 0.25) is 0 Å². The van der Waals surface area contributed by atoms with Gasteiger partial charge in [0.15, 0.2) is 11.5 Å². The van der Waals surface area contributed by atoms with Crippen molar-refractivity contribution in [2.24, 2.45) is 0 Å². The predicted octanol–water partition coefficient (Wildman–Crippen LogP) is 4.32. The predicted molar refractivity (Wildman–Crippen MR) is 126 cm³/mol. The molecule has 8 nitrogen and oxygen atoms in total. The molecule has 1 aromatic heterocycles. The largest absolute Gasteiger partial charge is 0.493 e. The maximum Gasteiger partial charge on any atom is 0.342 e. The maximum atomic E-state index is 12.6. The van der Waals surface area contributed by atoms with Crippen LogP contribution in [0.5, 0.6) is 17.2 Å². The second-order valence-corrected chi connectivity index (χ2v) is 8.18. The number of carbonyl (C=O) groups is 2. The molecule has 2 aromatic carbocycles. The Hall–Kier alpha value is -3.59. The molecule has 0 fully saturated rings. The Labute approximate surface area is 196 Å². The number of benzene rings is 2. The quantitative estimate of drug-likeness (QED) is 0.465. The molecule has 3 rings (SSSR count). The van der Waals surface area contributed by atoms with Crippen molar-refractivity contribution in [2.45, 2.75) is 26.9 Å². The summed E-state index contributed by atoms with van der Waals surface area (Å²) in [4.78, 5) is 29.5. The van der Waals surface area contributed by atoms with Crippen molar-refractivity contribution < 1.29 is 28.5 Å². The third-order valence-electron chi connectivity index (χ3n) is 4.85. The number of methoxy groups -OCH3 is 3. The molecule has 0 unspecified atom stereocenters. The van der Waals surface area contributed by atoms with Gasteiger partial charge in [-0.15, -0.1) is 11.3 Å². The lowest BCUT2D eigenvalue weighted by atomic mass is 10.1. The Morgan fingerprint density at radius 2 is 1.76 bits per heavy atom. The number of ether oxygens (including phenoxy) is 4. The number of amides is 1. The molecule has 174 valence electrons. The molecule has 33 heavy (non-hydrogen) atoms. The van der Waals surface area contributed by atoms with Crippen LogP contribution >= 0.6 is 11.3 Å². The van der Waals surface area contributed by atoms with E-state index in [0.29, 0.717) is 22.2 Å². The molecular weight excluding hydrogens is 444 g/mol. The van der Waals surface area contributed by atoms with Crippen molar-refractivity contribution in [1.82, 2.24) is 4.98 Å². The van der Waals surface area contributed by atoms with E-state index in [0.717, 1.165) is 16.8 Å². The fourth-order valence-electron chi connectivity index (χ4n) is 3.18. The highest BCUT2D eigenvalue weighted by atomic mass is 32.1. The number of hydrogen-bond donors (Lipinski definition) is 1. The zero-order valence-corrected chi connectivity index (χ0v) is 20.0. The van der Waals surface area contributed by atoms with Crippen LogP contribution in [0.25, 0.3) is 0 Å². The Kier molecular flexibility index (Phi) is 7.89. The summed E-state index contributed by atoms with van der Waals surface area (Å²) in [5.41, 5.74) is 3.61. The van der Waals surface area contributed by atoms with E-state index in [1.54, 1.807) is 17.5 Å². The van der Waals surface area contributed by atoms with E-state index in [2.05, 4.69) is 10.3 Å². The van der Waals surface area contributed by atoms with Gasteiger partial charge in [-0.25, -0.2) is 9.78 Å². The van der Waals surface area contributed by atoms with Crippen molar-refractivity contribution in [1.29, 1.82) is 0 Å². The highest BCUT2D eigenvalue weighted by molar-refractivity contribution is 7.09. The number of esters is 1. The van der Waals surface area contributed by atoms with Crippen LogP contribution in [0.3, 0.4) is 0 Å². The molecule has 0 saturated heterocycles. The number of hydrogen-bond acceptors (Lipinski definition) is 8. The number of nitrogens with zero attached hydrogens (tertiary/aromatic N) is 1. The minimum absolute atomic E-state index is 0.0363. The van der Waals surface area contributed by atoms with Crippen LogP contribution in [-0.4, -0.2) is 38.2 Å². The third kappa shape index (κ3) is 5.81. The lowest BCUT2D eigenvalue weighted by Crippen LogP contribution is -2.15. The zero-order chi connectivity index (χ0) is 24.0. The average molecular weight is 471 g/mol. The first-order chi connectivity index (χ1) is 15.9. The highest BCUT2D eigenvalue weighted by Crippen LogP contribution is 2.40. The first-order valence-corrected chi connectivity index (χ1v) is 11.0. The first-order valence-electron chi connectivity index (χ1n) is 10.1. The normalized spacial score (nSPS) is 10.5. The van der Waals surface area contributed by atoms with Crippen molar-refractivity contribution >= 4 is 28.9 Å². The molecule has 9 heteroatoms. The maximum absolute atomic E-state index is 12.6. The SMILES string of the molecule is COc1ccc(C(=O)OCc2csc(CC(=O)Nc3cc(C)ccc3C)n2)c(OC)c1OC. The summed E-state index contributed by atoms with van der Waals surface area (Å²) in [6.45, 7) is 3.88. The summed E-state index contributed by atoms with van der Waals surface area (Å²) < 4.78 is 21.3. The van der Waals surface area contributed by atoms with Crippen LogP contribution < -0.4 is 19.5 Å². The van der Waals surface area contributed by atoms with Crippen LogP contribution in [0.4, 0.5) is 5.69 Å². The number of nitrogens with one attached hydrogen (secondary N) is 1. The molecule has 0 aliphatic rings. The molecule has 1 heterocycles. The van der Waals surface area contributed by atoms with Crippen molar-refractivity contribution in [3.63, 3.8) is 0 Å². The van der Waals surface area contributed by atoms with Gasteiger partial charge in [0.25, 0.3) is 0 Å². The third-order valence-corrected chi connectivity index (χ3v) is 5.75. The molecule has 1 N–H and O–H groups in total. The van der Waals surface area contributed by atoms with Gasteiger partial charge in [-0.1, -0.05) is 12.1 Å². The molecule has 0 bridgehead atoms. The molecule has 0 radical (unpaired) electrons. The standard InChI is InChI=1S/C24H26N2O6S/c1-14-6-7-15(2)18(10-14)26-20(27)11-21-25-16(13-33-21)12-32-24(28)17-8-9-19(29-3)23(31-5)22(17)30-4/h6-10,13H,11-12H2,1-5H3,(H,26,27). The Morgan fingerprint density at radius 3 is 2.45 bits per heavy atom. The topological polar surface area (TPSA) is 96.0 Å². The van der Waals surface area contributed by atoms with Crippen molar-refractivity contribution in [3.05, 3.63) is 63.1 Å². The van der Waals surface area contributed by atoms with Crippen LogP contribution in [0.1, 0.15) is 32.2 Å². The first kappa shape index (κ1) is 24.1. The molecule has 1 amide bonds. The fourth-order valence-corrected chi connectivity index (χ4v) is 3.96. The van der Waals surface area contributed by atoms with E-state index in [-0.39, 0.29) is 30.2 Å². The van der Waals surface area contributed by atoms with E-state index in [4.69, 9.17) is 18.9 Å². The molecule has 3 aromatic rings. The van der Waals surface area contributed by atoms with Gasteiger partial charge in [0, 0.05) is 11.1 Å². The van der Waals surface area contributed by atoms with Gasteiger partial charge < -0.3 is 24.3 Å². The zero-order valence-electron chi connectivity index (χ0n) is 19.2. The van der Waals surface area contributed by atoms with Gasteiger partial charge in [0.2, 0.25) is 11.7 Å². The van der Waals surface area contributed by atoms with Gasteiger partial charge >= 0.3 is 5.97 Å². The second kappa shape index (κ2) is 10.8. The lowest BCUT2D eigenvalue weighted by Gasteiger charge is -2.14. The number of anilines is 1. The van der Waals surface area contributed by atoms with Crippen molar-refractivity contribution in [2.75, 3.05) is 26.6 Å². The smallest absolute Gasteiger partial charge is 0.342 e. The van der Waals surface area contributed by atoms with E-state index in [1.165, 1.54) is 32.7 Å². The number of aryl methyl sites for hydroxylation is 2. The van der Waals surface area contributed by atoms with Crippen molar-refractivity contribution in [3.8, 4) is 17.2 Å². The number of aromatic nitrogens is 1. The van der Waals surface area contributed by atoms with E-state index < -0.39 is 5.97 Å². The summed E-state index contributed by atoms with van der Waals surface area (Å²) in [5, 5.41) is 5.32. The highest BCUT2D eigenvalue weighted by Gasteiger charge is 2.22. The average Bonchev–Trinajstić information content (AvgIpc) is 3.25. The lowest BCUT2D eigenvalue weighted by molar-refractivity contribution is -0.115. The monoisotopic (exact) mass is 470 g/mol. The Morgan fingerprint density at radius 1 is 1.00 bits per heavy atom. The minimum atomic E-state index is -0.588. The van der Waals surface area contributed by atoms with E-state index in [9.17, 15) is 9.59 Å². The summed E-state index contributed by atoms with van der Waals surface area (Å²) in [5.74, 6) is 0.227. The van der Waals surface area contributed by atoms with Crippen LogP contribution in [-0.2, 0) is 22.6 Å². The van der Waals surface area contributed by atoms with E-state index in [1.807, 2.05) is 32.0 Å². The summed E-state index contributed by atoms with van der Waals surface area (Å²) in [6, 6.07) is 9.05.